The topological polar surface area (TPSA) is 68.5 Å². The van der Waals surface area contributed by atoms with Crippen molar-refractivity contribution >= 4 is 5.91 Å². The minimum Gasteiger partial charge on any atom is -0.481 e. The fourth-order valence-electron chi connectivity index (χ4n) is 3.16. The molecule has 1 aliphatic carbocycles. The van der Waals surface area contributed by atoms with Crippen molar-refractivity contribution in [3.63, 3.8) is 0 Å². The van der Waals surface area contributed by atoms with Crippen molar-refractivity contribution in [2.24, 2.45) is 0 Å². The number of hydrogen-bond donors (Lipinski definition) is 0. The number of benzene rings is 1. The molecule has 0 N–H and O–H groups in total. The molecule has 2 atom stereocenters. The minimum absolute atomic E-state index is 0.0347. The van der Waals surface area contributed by atoms with Gasteiger partial charge in [-0.05, 0) is 44.7 Å². The molecule has 126 valence electrons. The lowest BCUT2D eigenvalue weighted by Gasteiger charge is -2.25. The molecule has 1 saturated carbocycles. The Labute approximate surface area is 140 Å². The summed E-state index contributed by atoms with van der Waals surface area (Å²) in [6.45, 7) is 2.49. The monoisotopic (exact) mass is 327 g/mol. The summed E-state index contributed by atoms with van der Waals surface area (Å²) in [5, 5.41) is 4.07. The molecular weight excluding hydrogens is 306 g/mol. The zero-order valence-corrected chi connectivity index (χ0v) is 13.7. The average molecular weight is 327 g/mol. The fourth-order valence-corrected chi connectivity index (χ4v) is 3.16. The molecule has 1 aromatic carbocycles. The van der Waals surface area contributed by atoms with Crippen LogP contribution >= 0.6 is 0 Å². The van der Waals surface area contributed by atoms with E-state index in [1.54, 1.807) is 6.92 Å². The van der Waals surface area contributed by atoms with Crippen molar-refractivity contribution in [3.8, 4) is 5.75 Å². The summed E-state index contributed by atoms with van der Waals surface area (Å²) in [7, 11) is 0. The summed E-state index contributed by atoms with van der Waals surface area (Å²) in [6.07, 6.45) is 3.52. The highest BCUT2D eigenvalue weighted by atomic mass is 16.5. The molecule has 0 radical (unpaired) electrons. The predicted molar refractivity (Wildman–Crippen MR) is 86.5 cm³/mol. The van der Waals surface area contributed by atoms with E-state index < -0.39 is 6.10 Å². The van der Waals surface area contributed by atoms with Crippen LogP contribution < -0.4 is 4.74 Å². The second-order valence-corrected chi connectivity index (χ2v) is 6.53. The molecule has 2 unspecified atom stereocenters. The molecule has 6 heteroatoms. The van der Waals surface area contributed by atoms with Gasteiger partial charge < -0.3 is 14.2 Å². The van der Waals surface area contributed by atoms with Gasteiger partial charge in [-0.15, -0.1) is 0 Å². The lowest BCUT2D eigenvalue weighted by atomic mass is 10.2. The van der Waals surface area contributed by atoms with E-state index in [0.717, 1.165) is 31.5 Å². The van der Waals surface area contributed by atoms with Crippen molar-refractivity contribution in [2.45, 2.75) is 50.7 Å². The Bertz CT molecular complexity index is 711. The third kappa shape index (κ3) is 3.00. The van der Waals surface area contributed by atoms with Crippen molar-refractivity contribution in [3.05, 3.63) is 42.0 Å². The first-order valence-electron chi connectivity index (χ1n) is 8.58. The Morgan fingerprint density at radius 1 is 1.29 bits per heavy atom. The second kappa shape index (κ2) is 6.26. The van der Waals surface area contributed by atoms with E-state index in [9.17, 15) is 4.79 Å². The lowest BCUT2D eigenvalue weighted by molar-refractivity contribution is -0.139. The number of amides is 1. The van der Waals surface area contributed by atoms with Gasteiger partial charge in [-0.1, -0.05) is 23.4 Å². The van der Waals surface area contributed by atoms with Gasteiger partial charge in [-0.3, -0.25) is 4.79 Å². The van der Waals surface area contributed by atoms with E-state index in [1.165, 1.54) is 0 Å². The van der Waals surface area contributed by atoms with Crippen LogP contribution in [0.5, 0.6) is 5.75 Å². The standard InChI is InChI=1S/C18H21N3O3/c1-12(23-14-6-3-2-4-7-14)18(22)21-11-5-8-15(21)17-19-16(20-24-17)13-9-10-13/h2-4,6-7,12-13,15H,5,8-11H2,1H3. The molecule has 1 aromatic heterocycles. The van der Waals surface area contributed by atoms with E-state index in [4.69, 9.17) is 9.26 Å². The molecule has 2 aromatic rings. The third-order valence-corrected chi connectivity index (χ3v) is 4.62. The number of carbonyl (C=O) groups excluding carboxylic acids is 1. The van der Waals surface area contributed by atoms with Crippen LogP contribution in [0.1, 0.15) is 56.3 Å². The van der Waals surface area contributed by atoms with Gasteiger partial charge in [0.25, 0.3) is 5.91 Å². The smallest absolute Gasteiger partial charge is 0.264 e. The van der Waals surface area contributed by atoms with Gasteiger partial charge in [0.15, 0.2) is 11.9 Å². The van der Waals surface area contributed by atoms with Crippen LogP contribution in [0, 0.1) is 0 Å². The summed E-state index contributed by atoms with van der Waals surface area (Å²) in [5.41, 5.74) is 0. The molecule has 0 bridgehead atoms. The molecule has 24 heavy (non-hydrogen) atoms. The third-order valence-electron chi connectivity index (χ3n) is 4.62. The molecule has 2 aliphatic rings. The Morgan fingerprint density at radius 2 is 2.08 bits per heavy atom. The van der Waals surface area contributed by atoms with Crippen molar-refractivity contribution in [1.82, 2.24) is 15.0 Å². The van der Waals surface area contributed by atoms with Gasteiger partial charge in [-0.25, -0.2) is 0 Å². The number of aromatic nitrogens is 2. The van der Waals surface area contributed by atoms with Gasteiger partial charge in [0.2, 0.25) is 5.89 Å². The quantitative estimate of drug-likeness (QED) is 0.844. The number of para-hydroxylation sites is 1. The Balaban J connectivity index is 1.45. The number of carbonyl (C=O) groups is 1. The van der Waals surface area contributed by atoms with Gasteiger partial charge in [0.1, 0.15) is 11.8 Å². The first-order valence-corrected chi connectivity index (χ1v) is 8.58. The molecule has 1 saturated heterocycles. The first kappa shape index (κ1) is 15.2. The number of hydrogen-bond acceptors (Lipinski definition) is 5. The fraction of sp³-hybridized carbons (Fsp3) is 0.500. The summed E-state index contributed by atoms with van der Waals surface area (Å²) in [4.78, 5) is 19.1. The van der Waals surface area contributed by atoms with Crippen LogP contribution in [0.3, 0.4) is 0 Å². The Hall–Kier alpha value is -2.37. The van der Waals surface area contributed by atoms with Crippen LogP contribution in [-0.4, -0.2) is 33.6 Å². The molecule has 6 nitrogen and oxygen atoms in total. The predicted octanol–water partition coefficient (Wildman–Crippen LogP) is 3.08. The average Bonchev–Trinajstić information content (AvgIpc) is 3.14. The normalized spacial score (nSPS) is 21.7. The van der Waals surface area contributed by atoms with Crippen molar-refractivity contribution < 1.29 is 14.1 Å². The Morgan fingerprint density at radius 3 is 2.83 bits per heavy atom. The maximum Gasteiger partial charge on any atom is 0.264 e. The molecular formula is C18H21N3O3. The highest BCUT2D eigenvalue weighted by molar-refractivity contribution is 5.81. The maximum absolute atomic E-state index is 12.8. The number of likely N-dealkylation sites (tertiary alicyclic amines) is 1. The van der Waals surface area contributed by atoms with E-state index in [0.29, 0.717) is 24.1 Å². The first-order chi connectivity index (χ1) is 11.7. The van der Waals surface area contributed by atoms with E-state index in [2.05, 4.69) is 10.1 Å². The SMILES string of the molecule is CC(Oc1ccccc1)C(=O)N1CCCC1c1nc(C2CC2)no1. The summed E-state index contributed by atoms with van der Waals surface area (Å²) >= 11 is 0. The van der Waals surface area contributed by atoms with Crippen molar-refractivity contribution in [2.75, 3.05) is 6.54 Å². The second-order valence-electron chi connectivity index (χ2n) is 6.53. The van der Waals surface area contributed by atoms with E-state index in [1.807, 2.05) is 35.2 Å². The highest BCUT2D eigenvalue weighted by Gasteiger charge is 2.38. The van der Waals surface area contributed by atoms with Crippen LogP contribution in [0.4, 0.5) is 0 Å². The zero-order valence-electron chi connectivity index (χ0n) is 13.7. The van der Waals surface area contributed by atoms with E-state index >= 15 is 0 Å². The summed E-state index contributed by atoms with van der Waals surface area (Å²) in [6, 6.07) is 9.28. The van der Waals surface area contributed by atoms with Crippen molar-refractivity contribution in [1.29, 1.82) is 0 Å². The molecule has 1 amide bonds. The summed E-state index contributed by atoms with van der Waals surface area (Å²) in [5.74, 6) is 2.47. The zero-order chi connectivity index (χ0) is 16.5. The number of ether oxygens (including phenoxy) is 1. The molecule has 0 spiro atoms. The minimum atomic E-state index is -0.543. The summed E-state index contributed by atoms with van der Waals surface area (Å²) < 4.78 is 11.2. The van der Waals surface area contributed by atoms with Crippen LogP contribution in [0.25, 0.3) is 0 Å². The molecule has 2 fully saturated rings. The molecule has 1 aliphatic heterocycles. The van der Waals surface area contributed by atoms with E-state index in [-0.39, 0.29) is 11.9 Å². The van der Waals surface area contributed by atoms with Gasteiger partial charge in [0, 0.05) is 12.5 Å². The maximum atomic E-state index is 12.8. The lowest BCUT2D eigenvalue weighted by Crippen LogP contribution is -2.40. The van der Waals surface area contributed by atoms with Gasteiger partial charge >= 0.3 is 0 Å². The van der Waals surface area contributed by atoms with Gasteiger partial charge in [0.05, 0.1) is 0 Å². The number of rotatable bonds is 5. The highest BCUT2D eigenvalue weighted by Crippen LogP contribution is 2.39. The van der Waals surface area contributed by atoms with Gasteiger partial charge in [-0.2, -0.15) is 4.98 Å². The van der Waals surface area contributed by atoms with Crippen LogP contribution in [0.15, 0.2) is 34.9 Å². The van der Waals surface area contributed by atoms with Crippen LogP contribution in [0.2, 0.25) is 0 Å². The number of nitrogens with zero attached hydrogens (tertiary/aromatic N) is 3. The van der Waals surface area contributed by atoms with Crippen LogP contribution in [-0.2, 0) is 4.79 Å². The molecule has 4 rings (SSSR count). The Kier molecular flexibility index (Phi) is 3.96. The molecule has 2 heterocycles. The largest absolute Gasteiger partial charge is 0.481 e.